The summed E-state index contributed by atoms with van der Waals surface area (Å²) in [5.41, 5.74) is 1.21. The number of hydrogen-bond acceptors (Lipinski definition) is 6. The molecular formula is C24H23ClN2O6S. The maximum Gasteiger partial charge on any atom is 0.336 e. The van der Waals surface area contributed by atoms with Crippen molar-refractivity contribution < 1.29 is 22.4 Å². The minimum absolute atomic E-state index is 0.00562. The Morgan fingerprint density at radius 3 is 2.68 bits per heavy atom. The largest absolute Gasteiger partial charge is 0.423 e. The van der Waals surface area contributed by atoms with E-state index in [0.29, 0.717) is 52.8 Å². The number of carbonyl (C=O) groups is 2. The number of benzene rings is 2. The lowest BCUT2D eigenvalue weighted by Crippen LogP contribution is -2.49. The molecule has 2 aromatic carbocycles. The molecule has 1 saturated heterocycles. The van der Waals surface area contributed by atoms with Gasteiger partial charge in [-0.3, -0.25) is 4.79 Å². The lowest BCUT2D eigenvalue weighted by atomic mass is 9.95. The van der Waals surface area contributed by atoms with Gasteiger partial charge in [-0.25, -0.2) is 17.9 Å². The highest BCUT2D eigenvalue weighted by atomic mass is 35.5. The van der Waals surface area contributed by atoms with Crippen LogP contribution >= 0.6 is 11.6 Å². The van der Waals surface area contributed by atoms with E-state index in [9.17, 15) is 22.8 Å². The van der Waals surface area contributed by atoms with Gasteiger partial charge in [-0.15, -0.1) is 0 Å². The van der Waals surface area contributed by atoms with Crippen molar-refractivity contribution >= 4 is 44.8 Å². The number of nitrogens with zero attached hydrogens (tertiary/aromatic N) is 1. The monoisotopic (exact) mass is 502 g/mol. The molecule has 178 valence electrons. The third-order valence-electron chi connectivity index (χ3n) is 6.11. The number of amides is 1. The van der Waals surface area contributed by atoms with Crippen molar-refractivity contribution in [1.29, 1.82) is 0 Å². The Bertz CT molecular complexity index is 1420. The lowest BCUT2D eigenvalue weighted by molar-refractivity contribution is -0.135. The van der Waals surface area contributed by atoms with Crippen LogP contribution in [0.4, 0.5) is 0 Å². The van der Waals surface area contributed by atoms with Crippen molar-refractivity contribution in [2.45, 2.75) is 24.0 Å². The molecule has 1 aromatic heterocycles. The molecule has 0 spiro atoms. The van der Waals surface area contributed by atoms with Gasteiger partial charge in [0.15, 0.2) is 0 Å². The summed E-state index contributed by atoms with van der Waals surface area (Å²) in [7, 11) is -2.21. The lowest BCUT2D eigenvalue weighted by Gasteiger charge is -2.33. The van der Waals surface area contributed by atoms with Gasteiger partial charge in [0, 0.05) is 40.7 Å². The average Bonchev–Trinajstić information content (AvgIpc) is 2.84. The second-order valence-corrected chi connectivity index (χ2v) is 10.7. The summed E-state index contributed by atoms with van der Waals surface area (Å²) in [5.74, 6) is -1.65. The first-order chi connectivity index (χ1) is 16.2. The molecule has 10 heteroatoms. The average molecular weight is 503 g/mol. The van der Waals surface area contributed by atoms with Gasteiger partial charge < -0.3 is 14.1 Å². The molecule has 34 heavy (non-hydrogen) atoms. The maximum atomic E-state index is 13.2. The van der Waals surface area contributed by atoms with Crippen LogP contribution in [0.1, 0.15) is 24.3 Å². The summed E-state index contributed by atoms with van der Waals surface area (Å²) >= 11 is 6.32. The van der Waals surface area contributed by atoms with E-state index in [1.807, 2.05) is 0 Å². The molecule has 8 nitrogen and oxygen atoms in total. The fraction of sp³-hybridized carbons (Fsp3) is 0.292. The molecule has 0 radical (unpaired) electrons. The number of nitrogens with one attached hydrogen (secondary N) is 1. The predicted octanol–water partition coefficient (Wildman–Crippen LogP) is 2.94. The number of piperidine rings is 1. The van der Waals surface area contributed by atoms with E-state index in [4.69, 9.17) is 16.0 Å². The standard InChI is InChI=1S/C24H23ClN2O6S/c1-26-34(31,32)16-5-4-10-27(13-16)24(30)20(14-28)15-8-9-18-19(12-23(29)33-22(18)11-15)17-6-2-3-7-21(17)25/h2-3,6-9,11-12,14,16,20,26H,4-5,10,13H2,1H3. The highest BCUT2D eigenvalue weighted by molar-refractivity contribution is 7.90. The SMILES string of the molecule is CNS(=O)(=O)C1CCCN(C(=O)C(C=O)c2ccc3c(-c4ccccc4Cl)cc(=O)oc3c2)C1. The van der Waals surface area contributed by atoms with Gasteiger partial charge in [0.2, 0.25) is 15.9 Å². The van der Waals surface area contributed by atoms with Crippen molar-refractivity contribution in [3.05, 3.63) is 69.5 Å². The Morgan fingerprint density at radius 1 is 1.21 bits per heavy atom. The molecule has 1 N–H and O–H groups in total. The Balaban J connectivity index is 1.70. The highest BCUT2D eigenvalue weighted by Gasteiger charge is 2.35. The van der Waals surface area contributed by atoms with Crippen LogP contribution in [0, 0.1) is 0 Å². The number of fused-ring (bicyclic) bond motifs is 1. The first kappa shape index (κ1) is 24.1. The minimum atomic E-state index is -3.55. The number of hydrogen-bond donors (Lipinski definition) is 1. The summed E-state index contributed by atoms with van der Waals surface area (Å²) in [6.45, 7) is 0.365. The van der Waals surface area contributed by atoms with Crippen molar-refractivity contribution in [3.8, 4) is 11.1 Å². The van der Waals surface area contributed by atoms with E-state index < -0.39 is 32.7 Å². The zero-order valence-corrected chi connectivity index (χ0v) is 19.9. The molecule has 1 amide bonds. The Labute approximate surface area is 201 Å². The van der Waals surface area contributed by atoms with E-state index in [2.05, 4.69) is 4.72 Å². The zero-order valence-electron chi connectivity index (χ0n) is 18.4. The molecule has 1 aliphatic heterocycles. The van der Waals surface area contributed by atoms with Crippen LogP contribution in [0.25, 0.3) is 22.1 Å². The van der Waals surface area contributed by atoms with Crippen LogP contribution in [0.3, 0.4) is 0 Å². The van der Waals surface area contributed by atoms with Gasteiger partial charge in [0.25, 0.3) is 0 Å². The van der Waals surface area contributed by atoms with Crippen LogP contribution in [-0.2, 0) is 19.6 Å². The van der Waals surface area contributed by atoms with E-state index in [0.717, 1.165) is 0 Å². The summed E-state index contributed by atoms with van der Waals surface area (Å²) in [4.78, 5) is 38.8. The van der Waals surface area contributed by atoms with Crippen molar-refractivity contribution in [3.63, 3.8) is 0 Å². The van der Waals surface area contributed by atoms with Crippen LogP contribution in [0.5, 0.6) is 0 Å². The van der Waals surface area contributed by atoms with Crippen molar-refractivity contribution in [2.24, 2.45) is 0 Å². The quantitative estimate of drug-likeness (QED) is 0.315. The molecule has 3 aromatic rings. The summed E-state index contributed by atoms with van der Waals surface area (Å²) in [5, 5.41) is 0.331. The third kappa shape index (κ3) is 4.64. The number of aldehydes is 1. The molecule has 1 aliphatic rings. The molecule has 2 atom stereocenters. The fourth-order valence-corrected chi connectivity index (χ4v) is 5.73. The first-order valence-electron chi connectivity index (χ1n) is 10.7. The number of sulfonamides is 1. The second kappa shape index (κ2) is 9.69. The van der Waals surface area contributed by atoms with Crippen molar-refractivity contribution in [1.82, 2.24) is 9.62 Å². The number of halogens is 1. The molecule has 2 heterocycles. The number of rotatable bonds is 6. The van der Waals surface area contributed by atoms with Gasteiger partial charge in [-0.05, 0) is 37.6 Å². The maximum absolute atomic E-state index is 13.2. The van der Waals surface area contributed by atoms with E-state index in [-0.39, 0.29) is 12.1 Å². The topological polar surface area (TPSA) is 114 Å². The molecule has 0 saturated carbocycles. The van der Waals surface area contributed by atoms with Gasteiger partial charge >= 0.3 is 5.63 Å². The van der Waals surface area contributed by atoms with Crippen LogP contribution in [0.2, 0.25) is 5.02 Å². The Hall–Kier alpha value is -3.01. The predicted molar refractivity (Wildman–Crippen MR) is 129 cm³/mol. The van der Waals surface area contributed by atoms with Gasteiger partial charge in [-0.1, -0.05) is 41.9 Å². The zero-order chi connectivity index (χ0) is 24.5. The molecule has 2 unspecified atom stereocenters. The molecule has 0 aliphatic carbocycles. The number of carbonyl (C=O) groups excluding carboxylic acids is 2. The third-order valence-corrected chi connectivity index (χ3v) is 8.27. The smallest absolute Gasteiger partial charge is 0.336 e. The van der Waals surface area contributed by atoms with Crippen LogP contribution in [0.15, 0.2) is 57.7 Å². The van der Waals surface area contributed by atoms with E-state index in [1.54, 1.807) is 36.4 Å². The van der Waals surface area contributed by atoms with Crippen LogP contribution in [-0.4, -0.2) is 50.9 Å². The highest BCUT2D eigenvalue weighted by Crippen LogP contribution is 2.34. The van der Waals surface area contributed by atoms with Gasteiger partial charge in [-0.2, -0.15) is 0 Å². The second-order valence-electron chi connectivity index (χ2n) is 8.13. The number of likely N-dealkylation sites (tertiary alicyclic amines) is 1. The van der Waals surface area contributed by atoms with Crippen LogP contribution < -0.4 is 10.3 Å². The van der Waals surface area contributed by atoms with E-state index >= 15 is 0 Å². The summed E-state index contributed by atoms with van der Waals surface area (Å²) < 4.78 is 32.1. The fourth-order valence-electron chi connectivity index (χ4n) is 4.31. The Morgan fingerprint density at radius 2 is 1.97 bits per heavy atom. The molecule has 4 rings (SSSR count). The molecule has 0 bridgehead atoms. The first-order valence-corrected chi connectivity index (χ1v) is 12.7. The summed E-state index contributed by atoms with van der Waals surface area (Å²) in [6.07, 6.45) is 1.47. The van der Waals surface area contributed by atoms with Gasteiger partial charge in [0.1, 0.15) is 17.8 Å². The molecular weight excluding hydrogens is 480 g/mol. The van der Waals surface area contributed by atoms with Gasteiger partial charge in [0.05, 0.1) is 5.25 Å². The summed E-state index contributed by atoms with van der Waals surface area (Å²) in [6, 6.07) is 13.2. The van der Waals surface area contributed by atoms with E-state index in [1.165, 1.54) is 24.1 Å². The Kier molecular flexibility index (Phi) is 6.88. The normalized spacial score (nSPS) is 17.5. The minimum Gasteiger partial charge on any atom is -0.423 e. The molecule has 1 fully saturated rings. The van der Waals surface area contributed by atoms with Crippen molar-refractivity contribution in [2.75, 3.05) is 20.1 Å².